The Morgan fingerprint density at radius 2 is 1.88 bits per heavy atom. The van der Waals surface area contributed by atoms with Crippen LogP contribution in [0.25, 0.3) is 0 Å². The number of benzene rings is 1. The molecule has 0 fully saturated rings. The van der Waals surface area contributed by atoms with E-state index in [9.17, 15) is 4.79 Å². The van der Waals surface area contributed by atoms with Crippen LogP contribution < -0.4 is 5.32 Å². The minimum absolute atomic E-state index is 0.0187. The summed E-state index contributed by atoms with van der Waals surface area (Å²) < 4.78 is 0. The Balaban J connectivity index is 2.99. The summed E-state index contributed by atoms with van der Waals surface area (Å²) in [5.41, 5.74) is 1.49. The Morgan fingerprint density at radius 3 is 2.41 bits per heavy atom. The van der Waals surface area contributed by atoms with Crippen LogP contribution in [-0.4, -0.2) is 30.9 Å². The molecule has 0 saturated heterocycles. The molecule has 0 unspecified atom stereocenters. The molecule has 0 saturated carbocycles. The van der Waals surface area contributed by atoms with Crippen molar-refractivity contribution < 1.29 is 4.79 Å². The number of rotatable bonds is 6. The number of carbonyl (C=O) groups excluding carboxylic acids is 1. The Morgan fingerprint density at radius 1 is 1.29 bits per heavy atom. The highest BCUT2D eigenvalue weighted by Gasteiger charge is 2.15. The van der Waals surface area contributed by atoms with Crippen molar-refractivity contribution in [2.24, 2.45) is 0 Å². The number of amides is 1. The Bertz CT molecular complexity index is 402. The summed E-state index contributed by atoms with van der Waals surface area (Å²) in [7, 11) is 1.80. The summed E-state index contributed by atoms with van der Waals surface area (Å²) >= 11 is 0. The Hall–Kier alpha value is -2.03. The number of anilines is 1. The highest BCUT2D eigenvalue weighted by atomic mass is 16.2. The molecule has 1 N–H and O–H groups in total. The average Bonchev–Trinajstić information content (AvgIpc) is 2.37. The third-order valence-electron chi connectivity index (χ3n) is 2.41. The lowest BCUT2D eigenvalue weighted by molar-refractivity contribution is 0.0792. The van der Waals surface area contributed by atoms with E-state index in [0.29, 0.717) is 18.7 Å². The van der Waals surface area contributed by atoms with E-state index in [0.717, 1.165) is 5.69 Å². The van der Waals surface area contributed by atoms with Crippen LogP contribution in [0.3, 0.4) is 0 Å². The van der Waals surface area contributed by atoms with E-state index >= 15 is 0 Å². The van der Waals surface area contributed by atoms with Gasteiger partial charge in [0.15, 0.2) is 0 Å². The first kappa shape index (κ1) is 13.0. The predicted molar refractivity (Wildman–Crippen MR) is 72.3 cm³/mol. The summed E-state index contributed by atoms with van der Waals surface area (Å²) in [4.78, 5) is 14.0. The number of hydrogen-bond acceptors (Lipinski definition) is 2. The zero-order valence-corrected chi connectivity index (χ0v) is 10.1. The molecule has 0 aliphatic rings. The summed E-state index contributed by atoms with van der Waals surface area (Å²) in [5.74, 6) is -0.0187. The highest BCUT2D eigenvalue weighted by Crippen LogP contribution is 2.16. The van der Waals surface area contributed by atoms with Gasteiger partial charge in [0.1, 0.15) is 0 Å². The monoisotopic (exact) mass is 230 g/mol. The van der Waals surface area contributed by atoms with Gasteiger partial charge in [-0.3, -0.25) is 4.79 Å². The van der Waals surface area contributed by atoms with Gasteiger partial charge >= 0.3 is 0 Å². The van der Waals surface area contributed by atoms with Gasteiger partial charge in [0.05, 0.1) is 5.56 Å². The van der Waals surface area contributed by atoms with Crippen molar-refractivity contribution in [1.82, 2.24) is 4.90 Å². The van der Waals surface area contributed by atoms with Gasteiger partial charge in [-0.05, 0) is 12.1 Å². The lowest BCUT2D eigenvalue weighted by Crippen LogP contribution is -2.31. The lowest BCUT2D eigenvalue weighted by atomic mass is 10.1. The zero-order chi connectivity index (χ0) is 12.7. The second-order valence-electron chi connectivity index (χ2n) is 3.58. The van der Waals surface area contributed by atoms with E-state index in [4.69, 9.17) is 0 Å². The molecule has 0 aliphatic carbocycles. The van der Waals surface area contributed by atoms with Crippen LogP contribution in [0.1, 0.15) is 10.4 Å². The molecular weight excluding hydrogens is 212 g/mol. The number of para-hydroxylation sites is 1. The van der Waals surface area contributed by atoms with Gasteiger partial charge in [0.2, 0.25) is 0 Å². The normalized spacial score (nSPS) is 9.47. The van der Waals surface area contributed by atoms with Gasteiger partial charge in [-0.25, -0.2) is 0 Å². The minimum Gasteiger partial charge on any atom is -0.387 e. The molecule has 1 aromatic rings. The summed E-state index contributed by atoms with van der Waals surface area (Å²) in [6, 6.07) is 7.45. The van der Waals surface area contributed by atoms with E-state index in [1.165, 1.54) is 0 Å². The van der Waals surface area contributed by atoms with Gasteiger partial charge in [0, 0.05) is 25.8 Å². The van der Waals surface area contributed by atoms with E-state index in [2.05, 4.69) is 18.5 Å². The van der Waals surface area contributed by atoms with Crippen LogP contribution in [0.2, 0.25) is 0 Å². The fourth-order valence-corrected chi connectivity index (χ4v) is 1.61. The summed E-state index contributed by atoms with van der Waals surface area (Å²) in [5, 5.41) is 3.02. The van der Waals surface area contributed by atoms with E-state index < -0.39 is 0 Å². The number of hydrogen-bond donors (Lipinski definition) is 1. The van der Waals surface area contributed by atoms with Gasteiger partial charge in [-0.15, -0.1) is 13.2 Å². The lowest BCUT2D eigenvalue weighted by Gasteiger charge is -2.20. The topological polar surface area (TPSA) is 32.3 Å². The molecule has 1 amide bonds. The molecule has 17 heavy (non-hydrogen) atoms. The van der Waals surface area contributed by atoms with Crippen molar-refractivity contribution >= 4 is 11.6 Å². The maximum Gasteiger partial charge on any atom is 0.256 e. The Kier molecular flexibility index (Phi) is 5.01. The van der Waals surface area contributed by atoms with Crippen molar-refractivity contribution in [3.05, 3.63) is 55.1 Å². The van der Waals surface area contributed by atoms with E-state index in [1.807, 2.05) is 24.3 Å². The van der Waals surface area contributed by atoms with Gasteiger partial charge in [-0.2, -0.15) is 0 Å². The van der Waals surface area contributed by atoms with Gasteiger partial charge in [0.25, 0.3) is 5.91 Å². The van der Waals surface area contributed by atoms with E-state index in [-0.39, 0.29) is 5.91 Å². The molecule has 0 spiro atoms. The first-order chi connectivity index (χ1) is 8.24. The molecule has 1 rings (SSSR count). The smallest absolute Gasteiger partial charge is 0.256 e. The van der Waals surface area contributed by atoms with Crippen LogP contribution in [-0.2, 0) is 0 Å². The molecule has 0 aromatic heterocycles. The molecule has 1 aromatic carbocycles. The molecule has 90 valence electrons. The minimum atomic E-state index is -0.0187. The zero-order valence-electron chi connectivity index (χ0n) is 10.1. The fraction of sp³-hybridized carbons (Fsp3) is 0.214. The van der Waals surface area contributed by atoms with Crippen molar-refractivity contribution in [3.63, 3.8) is 0 Å². The number of nitrogens with one attached hydrogen (secondary N) is 1. The molecule has 0 atom stereocenters. The molecule has 0 radical (unpaired) electrons. The summed E-state index contributed by atoms with van der Waals surface area (Å²) in [6.45, 7) is 8.35. The maximum atomic E-state index is 12.3. The standard InChI is InChI=1S/C14H18N2O/c1-4-10-16(11-5-2)14(17)12-8-6-7-9-13(12)15-3/h4-9,15H,1-2,10-11H2,3H3. The molecule has 3 nitrogen and oxygen atoms in total. The largest absolute Gasteiger partial charge is 0.387 e. The first-order valence-electron chi connectivity index (χ1n) is 5.52. The van der Waals surface area contributed by atoms with Crippen LogP contribution in [0.4, 0.5) is 5.69 Å². The molecule has 0 bridgehead atoms. The van der Waals surface area contributed by atoms with Crippen LogP contribution in [0, 0.1) is 0 Å². The van der Waals surface area contributed by atoms with Crippen molar-refractivity contribution in [3.8, 4) is 0 Å². The quantitative estimate of drug-likeness (QED) is 0.762. The first-order valence-corrected chi connectivity index (χ1v) is 5.52. The molecule has 3 heteroatoms. The second-order valence-corrected chi connectivity index (χ2v) is 3.58. The van der Waals surface area contributed by atoms with Crippen molar-refractivity contribution in [2.45, 2.75) is 0 Å². The number of nitrogens with zero attached hydrogens (tertiary/aromatic N) is 1. The molecular formula is C14H18N2O. The van der Waals surface area contributed by atoms with Crippen LogP contribution in [0.5, 0.6) is 0 Å². The Labute approximate surface area is 102 Å². The van der Waals surface area contributed by atoms with Gasteiger partial charge in [-0.1, -0.05) is 24.3 Å². The van der Waals surface area contributed by atoms with E-state index in [1.54, 1.807) is 24.1 Å². The third-order valence-corrected chi connectivity index (χ3v) is 2.41. The average molecular weight is 230 g/mol. The summed E-state index contributed by atoms with van der Waals surface area (Å²) in [6.07, 6.45) is 3.42. The fourth-order valence-electron chi connectivity index (χ4n) is 1.61. The molecule has 0 aliphatic heterocycles. The van der Waals surface area contributed by atoms with Crippen molar-refractivity contribution in [2.75, 3.05) is 25.5 Å². The van der Waals surface area contributed by atoms with Crippen LogP contribution >= 0.6 is 0 Å². The SMILES string of the molecule is C=CCN(CC=C)C(=O)c1ccccc1NC. The highest BCUT2D eigenvalue weighted by molar-refractivity contribution is 5.99. The third kappa shape index (κ3) is 3.21. The van der Waals surface area contributed by atoms with Crippen molar-refractivity contribution in [1.29, 1.82) is 0 Å². The van der Waals surface area contributed by atoms with Crippen LogP contribution in [0.15, 0.2) is 49.6 Å². The maximum absolute atomic E-state index is 12.3. The predicted octanol–water partition coefficient (Wildman–Crippen LogP) is 2.54. The molecule has 0 heterocycles. The second kappa shape index (κ2) is 6.53. The number of carbonyl (C=O) groups is 1. The van der Waals surface area contributed by atoms with Gasteiger partial charge < -0.3 is 10.2 Å².